The Morgan fingerprint density at radius 2 is 2.05 bits per heavy atom. The Bertz CT molecular complexity index is 381. The minimum atomic E-state index is 0.598. The van der Waals surface area contributed by atoms with E-state index >= 15 is 0 Å². The van der Waals surface area contributed by atoms with Crippen LogP contribution in [0, 0.1) is 5.92 Å². The largest absolute Gasteiger partial charge is 0.496 e. The van der Waals surface area contributed by atoms with E-state index in [9.17, 15) is 0 Å². The highest BCUT2D eigenvalue weighted by Gasteiger charge is 2.15. The molecule has 0 aromatic heterocycles. The van der Waals surface area contributed by atoms with Gasteiger partial charge in [-0.15, -0.1) is 0 Å². The van der Waals surface area contributed by atoms with Crippen LogP contribution in [0.2, 0.25) is 0 Å². The molecule has 2 unspecified atom stereocenters. The van der Waals surface area contributed by atoms with E-state index in [1.807, 2.05) is 6.07 Å². The summed E-state index contributed by atoms with van der Waals surface area (Å²) in [5.41, 5.74) is 1.36. The van der Waals surface area contributed by atoms with Gasteiger partial charge in [-0.05, 0) is 65.4 Å². The normalized spacial score (nSPS) is 14.2. The first-order chi connectivity index (χ1) is 9.12. The number of hydrogen-bond donors (Lipinski definition) is 1. The van der Waals surface area contributed by atoms with Gasteiger partial charge in [-0.2, -0.15) is 0 Å². The van der Waals surface area contributed by atoms with Crippen molar-refractivity contribution in [2.24, 2.45) is 5.92 Å². The van der Waals surface area contributed by atoms with Crippen molar-refractivity contribution in [2.45, 2.75) is 46.1 Å². The van der Waals surface area contributed by atoms with Gasteiger partial charge >= 0.3 is 0 Å². The first-order valence-electron chi connectivity index (χ1n) is 7.18. The fourth-order valence-electron chi connectivity index (χ4n) is 2.43. The van der Waals surface area contributed by atoms with Gasteiger partial charge in [-0.1, -0.05) is 26.8 Å². The fraction of sp³-hybridized carbons (Fsp3) is 0.625. The lowest BCUT2D eigenvalue weighted by Crippen LogP contribution is -2.35. The molecule has 0 aliphatic heterocycles. The summed E-state index contributed by atoms with van der Waals surface area (Å²) in [7, 11) is 1.70. The van der Waals surface area contributed by atoms with Crippen LogP contribution in [-0.2, 0) is 6.42 Å². The summed E-state index contributed by atoms with van der Waals surface area (Å²) in [6.07, 6.45) is 3.47. The lowest BCUT2D eigenvalue weighted by Gasteiger charge is -2.24. The molecule has 0 radical (unpaired) electrons. The second kappa shape index (κ2) is 8.60. The molecule has 0 aliphatic rings. The summed E-state index contributed by atoms with van der Waals surface area (Å²) < 4.78 is 6.30. The lowest BCUT2D eigenvalue weighted by atomic mass is 9.92. The van der Waals surface area contributed by atoms with Crippen LogP contribution in [0.25, 0.3) is 0 Å². The van der Waals surface area contributed by atoms with E-state index < -0.39 is 0 Å². The van der Waals surface area contributed by atoms with E-state index in [1.54, 1.807) is 7.11 Å². The Hall–Kier alpha value is -0.540. The van der Waals surface area contributed by atoms with Gasteiger partial charge in [-0.25, -0.2) is 0 Å². The van der Waals surface area contributed by atoms with Crippen molar-refractivity contribution in [2.75, 3.05) is 13.7 Å². The van der Waals surface area contributed by atoms with Crippen LogP contribution >= 0.6 is 15.9 Å². The maximum atomic E-state index is 5.27. The molecule has 2 atom stereocenters. The van der Waals surface area contributed by atoms with Gasteiger partial charge in [0.1, 0.15) is 5.75 Å². The average Bonchev–Trinajstić information content (AvgIpc) is 2.40. The highest BCUT2D eigenvalue weighted by Crippen LogP contribution is 2.27. The van der Waals surface area contributed by atoms with E-state index in [0.717, 1.165) is 23.2 Å². The maximum Gasteiger partial charge on any atom is 0.133 e. The fourth-order valence-corrected chi connectivity index (χ4v) is 3.02. The van der Waals surface area contributed by atoms with Gasteiger partial charge in [0.05, 0.1) is 11.6 Å². The van der Waals surface area contributed by atoms with Crippen molar-refractivity contribution < 1.29 is 4.74 Å². The average molecular weight is 328 g/mol. The predicted molar refractivity (Wildman–Crippen MR) is 85.9 cm³/mol. The van der Waals surface area contributed by atoms with Crippen LogP contribution in [0.15, 0.2) is 22.7 Å². The van der Waals surface area contributed by atoms with E-state index in [-0.39, 0.29) is 0 Å². The lowest BCUT2D eigenvalue weighted by molar-refractivity contribution is 0.364. The Labute approximate surface area is 126 Å². The standard InChI is InChI=1S/C16H26BrNO/c1-5-9-18-15(6-2)12(3)10-13-7-8-16(19-4)14(17)11-13/h7-8,11-12,15,18H,5-6,9-10H2,1-4H3. The second-order valence-corrected chi connectivity index (χ2v) is 5.97. The van der Waals surface area contributed by atoms with Gasteiger partial charge < -0.3 is 10.1 Å². The quantitative estimate of drug-likeness (QED) is 0.763. The molecule has 1 rings (SSSR count). The summed E-state index contributed by atoms with van der Waals surface area (Å²) in [6, 6.07) is 6.96. The highest BCUT2D eigenvalue weighted by molar-refractivity contribution is 9.10. The van der Waals surface area contributed by atoms with Gasteiger partial charge in [0.25, 0.3) is 0 Å². The van der Waals surface area contributed by atoms with Crippen molar-refractivity contribution >= 4 is 15.9 Å². The summed E-state index contributed by atoms with van der Waals surface area (Å²) in [6.45, 7) is 7.91. The van der Waals surface area contributed by atoms with Gasteiger partial charge in [0, 0.05) is 6.04 Å². The zero-order valence-corrected chi connectivity index (χ0v) is 14.1. The van der Waals surface area contributed by atoms with Gasteiger partial charge in [0.2, 0.25) is 0 Å². The van der Waals surface area contributed by atoms with Crippen molar-refractivity contribution in [3.8, 4) is 5.75 Å². The third-order valence-electron chi connectivity index (χ3n) is 3.56. The molecule has 0 amide bonds. The van der Waals surface area contributed by atoms with Crippen LogP contribution in [0.5, 0.6) is 5.75 Å². The molecule has 3 heteroatoms. The smallest absolute Gasteiger partial charge is 0.133 e. The Kier molecular flexibility index (Phi) is 7.47. The number of methoxy groups -OCH3 is 1. The van der Waals surface area contributed by atoms with Crippen LogP contribution in [0.1, 0.15) is 39.2 Å². The number of hydrogen-bond acceptors (Lipinski definition) is 2. The van der Waals surface area contributed by atoms with E-state index in [4.69, 9.17) is 4.74 Å². The number of halogens is 1. The molecule has 19 heavy (non-hydrogen) atoms. The monoisotopic (exact) mass is 327 g/mol. The third-order valence-corrected chi connectivity index (χ3v) is 4.18. The Morgan fingerprint density at radius 3 is 2.58 bits per heavy atom. The molecule has 2 nitrogen and oxygen atoms in total. The van der Waals surface area contributed by atoms with E-state index in [2.05, 4.69) is 54.2 Å². The molecule has 0 spiro atoms. The molecular weight excluding hydrogens is 302 g/mol. The van der Waals surface area contributed by atoms with Crippen LogP contribution in [-0.4, -0.2) is 19.7 Å². The zero-order valence-electron chi connectivity index (χ0n) is 12.5. The first-order valence-corrected chi connectivity index (χ1v) is 7.97. The molecular formula is C16H26BrNO. The molecule has 0 saturated heterocycles. The molecule has 0 aliphatic carbocycles. The molecule has 108 valence electrons. The van der Waals surface area contributed by atoms with Crippen LogP contribution < -0.4 is 10.1 Å². The summed E-state index contributed by atoms with van der Waals surface area (Å²) >= 11 is 3.55. The van der Waals surface area contributed by atoms with Crippen LogP contribution in [0.3, 0.4) is 0 Å². The summed E-state index contributed by atoms with van der Waals surface area (Å²) in [5.74, 6) is 1.53. The SMILES string of the molecule is CCCNC(CC)C(C)Cc1ccc(OC)c(Br)c1. The number of benzene rings is 1. The summed E-state index contributed by atoms with van der Waals surface area (Å²) in [5, 5.41) is 3.64. The van der Waals surface area contributed by atoms with Crippen molar-refractivity contribution in [3.05, 3.63) is 28.2 Å². The van der Waals surface area contributed by atoms with E-state index in [0.29, 0.717) is 12.0 Å². The summed E-state index contributed by atoms with van der Waals surface area (Å²) in [4.78, 5) is 0. The van der Waals surface area contributed by atoms with Crippen molar-refractivity contribution in [3.63, 3.8) is 0 Å². The first kappa shape index (κ1) is 16.5. The topological polar surface area (TPSA) is 21.3 Å². The number of rotatable bonds is 8. The molecule has 0 fully saturated rings. The number of ether oxygens (including phenoxy) is 1. The zero-order chi connectivity index (χ0) is 14.3. The highest BCUT2D eigenvalue weighted by atomic mass is 79.9. The van der Waals surface area contributed by atoms with Crippen molar-refractivity contribution in [1.82, 2.24) is 5.32 Å². The Morgan fingerprint density at radius 1 is 1.32 bits per heavy atom. The van der Waals surface area contributed by atoms with Crippen molar-refractivity contribution in [1.29, 1.82) is 0 Å². The molecule has 1 aromatic rings. The second-order valence-electron chi connectivity index (χ2n) is 5.12. The third kappa shape index (κ3) is 5.15. The number of nitrogens with one attached hydrogen (secondary N) is 1. The van der Waals surface area contributed by atoms with E-state index in [1.165, 1.54) is 18.4 Å². The molecule has 1 N–H and O–H groups in total. The molecule has 0 heterocycles. The van der Waals surface area contributed by atoms with Gasteiger partial charge in [-0.3, -0.25) is 0 Å². The minimum Gasteiger partial charge on any atom is -0.496 e. The Balaban J connectivity index is 2.64. The van der Waals surface area contributed by atoms with Crippen LogP contribution in [0.4, 0.5) is 0 Å². The molecule has 0 saturated carbocycles. The maximum absolute atomic E-state index is 5.27. The molecule has 0 bridgehead atoms. The molecule has 1 aromatic carbocycles. The van der Waals surface area contributed by atoms with Gasteiger partial charge in [0.15, 0.2) is 0 Å². The minimum absolute atomic E-state index is 0.598. The predicted octanol–water partition coefficient (Wildman–Crippen LogP) is 4.41.